The van der Waals surface area contributed by atoms with E-state index in [1.54, 1.807) is 4.90 Å². The van der Waals surface area contributed by atoms with Crippen LogP contribution in [0.15, 0.2) is 24.3 Å². The van der Waals surface area contributed by atoms with E-state index in [0.29, 0.717) is 32.5 Å². The number of imidazole rings is 1. The van der Waals surface area contributed by atoms with Gasteiger partial charge in [-0.3, -0.25) is 9.59 Å². The SMILES string of the molecule is CCN1C[C@@H](C(=O)NCCc2nc3ccccc3n2CC)CC1=O. The molecule has 1 fully saturated rings. The lowest BCUT2D eigenvalue weighted by Gasteiger charge is -2.13. The van der Waals surface area contributed by atoms with Crippen molar-refractivity contribution >= 4 is 22.8 Å². The third-order valence-electron chi connectivity index (χ3n) is 4.66. The molecule has 1 aliphatic rings. The summed E-state index contributed by atoms with van der Waals surface area (Å²) in [6.45, 7) is 6.64. The zero-order valence-electron chi connectivity index (χ0n) is 14.3. The van der Waals surface area contributed by atoms with E-state index < -0.39 is 0 Å². The number of nitrogens with zero attached hydrogens (tertiary/aromatic N) is 3. The van der Waals surface area contributed by atoms with Crippen molar-refractivity contribution in [3.05, 3.63) is 30.1 Å². The molecule has 0 unspecified atom stereocenters. The highest BCUT2D eigenvalue weighted by molar-refractivity contribution is 5.89. The highest BCUT2D eigenvalue weighted by atomic mass is 16.2. The Morgan fingerprint density at radius 3 is 2.79 bits per heavy atom. The molecule has 0 saturated carbocycles. The molecule has 3 rings (SSSR count). The summed E-state index contributed by atoms with van der Waals surface area (Å²) in [7, 11) is 0. The van der Waals surface area contributed by atoms with Crippen LogP contribution in [0.1, 0.15) is 26.1 Å². The van der Waals surface area contributed by atoms with Gasteiger partial charge in [0.2, 0.25) is 11.8 Å². The number of carbonyl (C=O) groups excluding carboxylic acids is 2. The van der Waals surface area contributed by atoms with E-state index in [1.165, 1.54) is 0 Å². The Kier molecular flexibility index (Phi) is 4.83. The number of aryl methyl sites for hydroxylation is 1. The summed E-state index contributed by atoms with van der Waals surface area (Å²) < 4.78 is 2.18. The monoisotopic (exact) mass is 328 g/mol. The second kappa shape index (κ2) is 7.03. The van der Waals surface area contributed by atoms with E-state index in [1.807, 2.05) is 25.1 Å². The van der Waals surface area contributed by atoms with E-state index in [2.05, 4.69) is 27.9 Å². The Morgan fingerprint density at radius 2 is 2.08 bits per heavy atom. The van der Waals surface area contributed by atoms with E-state index in [0.717, 1.165) is 23.4 Å². The van der Waals surface area contributed by atoms with Crippen LogP contribution in [0.5, 0.6) is 0 Å². The first-order valence-corrected chi connectivity index (χ1v) is 8.63. The third kappa shape index (κ3) is 3.13. The minimum absolute atomic E-state index is 0.0292. The molecular formula is C18H24N4O2. The first kappa shape index (κ1) is 16.5. The predicted molar refractivity (Wildman–Crippen MR) is 92.5 cm³/mol. The summed E-state index contributed by atoms with van der Waals surface area (Å²) in [5.74, 6) is 0.808. The molecule has 2 heterocycles. The lowest BCUT2D eigenvalue weighted by Crippen LogP contribution is -2.34. The number of benzene rings is 1. The fourth-order valence-electron chi connectivity index (χ4n) is 3.36. The molecule has 24 heavy (non-hydrogen) atoms. The molecule has 2 aromatic rings. The summed E-state index contributed by atoms with van der Waals surface area (Å²) in [4.78, 5) is 30.4. The van der Waals surface area contributed by atoms with Gasteiger partial charge in [0, 0.05) is 39.0 Å². The van der Waals surface area contributed by atoms with Gasteiger partial charge in [-0.15, -0.1) is 0 Å². The van der Waals surface area contributed by atoms with Gasteiger partial charge in [0.05, 0.1) is 17.0 Å². The number of likely N-dealkylation sites (tertiary alicyclic amines) is 1. The Labute approximate surface area is 141 Å². The number of para-hydroxylation sites is 2. The van der Waals surface area contributed by atoms with Gasteiger partial charge in [-0.1, -0.05) is 12.1 Å². The molecule has 0 spiro atoms. The van der Waals surface area contributed by atoms with Gasteiger partial charge in [0.25, 0.3) is 0 Å². The first-order chi connectivity index (χ1) is 11.6. The molecule has 0 radical (unpaired) electrons. The Morgan fingerprint density at radius 1 is 1.29 bits per heavy atom. The lowest BCUT2D eigenvalue weighted by molar-refractivity contribution is -0.128. The van der Waals surface area contributed by atoms with Crippen LogP contribution in [0.2, 0.25) is 0 Å². The van der Waals surface area contributed by atoms with Gasteiger partial charge in [-0.25, -0.2) is 4.98 Å². The second-order valence-corrected chi connectivity index (χ2v) is 6.14. The summed E-state index contributed by atoms with van der Waals surface area (Å²) in [6, 6.07) is 8.07. The molecule has 2 amide bonds. The van der Waals surface area contributed by atoms with E-state index in [4.69, 9.17) is 0 Å². The molecule has 1 N–H and O–H groups in total. The van der Waals surface area contributed by atoms with Crippen molar-refractivity contribution in [2.75, 3.05) is 19.6 Å². The largest absolute Gasteiger partial charge is 0.355 e. The van der Waals surface area contributed by atoms with Crippen LogP contribution < -0.4 is 5.32 Å². The minimum atomic E-state index is -0.220. The van der Waals surface area contributed by atoms with Gasteiger partial charge < -0.3 is 14.8 Å². The Balaban J connectivity index is 1.59. The Hall–Kier alpha value is -2.37. The number of rotatable bonds is 6. The molecule has 1 aliphatic heterocycles. The number of fused-ring (bicyclic) bond motifs is 1. The third-order valence-corrected chi connectivity index (χ3v) is 4.66. The van der Waals surface area contributed by atoms with Crippen molar-refractivity contribution in [3.8, 4) is 0 Å². The zero-order chi connectivity index (χ0) is 17.1. The lowest BCUT2D eigenvalue weighted by atomic mass is 10.1. The van der Waals surface area contributed by atoms with Gasteiger partial charge in [0.1, 0.15) is 5.82 Å². The van der Waals surface area contributed by atoms with Crippen LogP contribution in [0.4, 0.5) is 0 Å². The average molecular weight is 328 g/mol. The number of hydrogen-bond acceptors (Lipinski definition) is 3. The maximum atomic E-state index is 12.3. The minimum Gasteiger partial charge on any atom is -0.355 e. The smallest absolute Gasteiger partial charge is 0.225 e. The molecule has 1 saturated heterocycles. The van der Waals surface area contributed by atoms with Gasteiger partial charge in [-0.05, 0) is 26.0 Å². The molecule has 1 atom stereocenters. The van der Waals surface area contributed by atoms with Crippen LogP contribution in [-0.4, -0.2) is 45.9 Å². The van der Waals surface area contributed by atoms with Crippen molar-refractivity contribution in [2.45, 2.75) is 33.2 Å². The molecular weight excluding hydrogens is 304 g/mol. The van der Waals surface area contributed by atoms with E-state index >= 15 is 0 Å². The summed E-state index contributed by atoms with van der Waals surface area (Å²) in [5.41, 5.74) is 2.11. The zero-order valence-corrected chi connectivity index (χ0v) is 14.3. The molecule has 6 nitrogen and oxygen atoms in total. The number of aromatic nitrogens is 2. The number of nitrogens with one attached hydrogen (secondary N) is 1. The van der Waals surface area contributed by atoms with Crippen molar-refractivity contribution < 1.29 is 9.59 Å². The van der Waals surface area contributed by atoms with E-state index in [-0.39, 0.29) is 17.7 Å². The van der Waals surface area contributed by atoms with Crippen molar-refractivity contribution in [1.82, 2.24) is 19.8 Å². The van der Waals surface area contributed by atoms with Crippen LogP contribution in [0, 0.1) is 5.92 Å². The molecule has 1 aromatic heterocycles. The van der Waals surface area contributed by atoms with E-state index in [9.17, 15) is 9.59 Å². The van der Waals surface area contributed by atoms with Gasteiger partial charge >= 0.3 is 0 Å². The molecule has 0 bridgehead atoms. The fraction of sp³-hybridized carbons (Fsp3) is 0.500. The van der Waals surface area contributed by atoms with Crippen LogP contribution in [0.3, 0.4) is 0 Å². The number of amides is 2. The van der Waals surface area contributed by atoms with Crippen molar-refractivity contribution in [2.24, 2.45) is 5.92 Å². The number of hydrogen-bond donors (Lipinski definition) is 1. The van der Waals surface area contributed by atoms with Crippen LogP contribution >= 0.6 is 0 Å². The fourth-order valence-corrected chi connectivity index (χ4v) is 3.36. The normalized spacial score (nSPS) is 17.7. The average Bonchev–Trinajstić information content (AvgIpc) is 3.14. The van der Waals surface area contributed by atoms with Gasteiger partial charge in [0.15, 0.2) is 0 Å². The molecule has 0 aliphatic carbocycles. The van der Waals surface area contributed by atoms with Crippen LogP contribution in [0.25, 0.3) is 11.0 Å². The second-order valence-electron chi connectivity index (χ2n) is 6.14. The predicted octanol–water partition coefficient (Wildman–Crippen LogP) is 1.58. The molecule has 128 valence electrons. The molecule has 1 aromatic carbocycles. The molecule has 6 heteroatoms. The quantitative estimate of drug-likeness (QED) is 0.875. The Bertz CT molecular complexity index is 753. The number of carbonyl (C=O) groups is 2. The highest BCUT2D eigenvalue weighted by Gasteiger charge is 2.33. The summed E-state index contributed by atoms with van der Waals surface area (Å²) >= 11 is 0. The van der Waals surface area contributed by atoms with Crippen molar-refractivity contribution in [1.29, 1.82) is 0 Å². The van der Waals surface area contributed by atoms with Crippen molar-refractivity contribution in [3.63, 3.8) is 0 Å². The standard InChI is InChI=1S/C18H24N4O2/c1-3-21-12-13(11-17(21)23)18(24)19-10-9-16-20-14-7-5-6-8-15(14)22(16)4-2/h5-8,13H,3-4,9-12H2,1-2H3,(H,19,24)/t13-/m0/s1. The summed E-state index contributed by atoms with van der Waals surface area (Å²) in [6.07, 6.45) is 1.01. The summed E-state index contributed by atoms with van der Waals surface area (Å²) in [5, 5.41) is 2.96. The topological polar surface area (TPSA) is 67.2 Å². The first-order valence-electron chi connectivity index (χ1n) is 8.63. The maximum Gasteiger partial charge on any atom is 0.225 e. The van der Waals surface area contributed by atoms with Crippen LogP contribution in [-0.2, 0) is 22.6 Å². The van der Waals surface area contributed by atoms with Gasteiger partial charge in [-0.2, -0.15) is 0 Å². The highest BCUT2D eigenvalue weighted by Crippen LogP contribution is 2.18. The maximum absolute atomic E-state index is 12.3.